The van der Waals surface area contributed by atoms with Crippen molar-refractivity contribution in [2.45, 2.75) is 0 Å². The largest absolute Gasteiger partial charge is 0.311 e. The van der Waals surface area contributed by atoms with Gasteiger partial charge in [-0.1, -0.05) is 126 Å². The van der Waals surface area contributed by atoms with Crippen LogP contribution in [0.15, 0.2) is 115 Å². The fourth-order valence-electron chi connectivity index (χ4n) is 6.51. The van der Waals surface area contributed by atoms with Crippen LogP contribution in [0, 0.1) is 0 Å². The first-order chi connectivity index (χ1) is 16.4. The van der Waals surface area contributed by atoms with Gasteiger partial charge in [0.25, 0.3) is 0 Å². The minimum atomic E-state index is 0.236. The predicted octanol–water partition coefficient (Wildman–Crippen LogP) is 2.44. The summed E-state index contributed by atoms with van der Waals surface area (Å²) in [5, 5.41) is 2.72. The molecular formula is C30H19B2N. The van der Waals surface area contributed by atoms with Gasteiger partial charge in [0.2, 0.25) is 13.4 Å². The maximum atomic E-state index is 2.58. The molecule has 2 aliphatic heterocycles. The Morgan fingerprint density at radius 2 is 0.818 bits per heavy atom. The molecule has 3 heteroatoms. The third-order valence-electron chi connectivity index (χ3n) is 7.70. The molecule has 0 N–H and O–H groups in total. The van der Waals surface area contributed by atoms with E-state index < -0.39 is 0 Å². The van der Waals surface area contributed by atoms with Crippen molar-refractivity contribution in [1.29, 1.82) is 0 Å². The van der Waals surface area contributed by atoms with E-state index in [1.54, 1.807) is 0 Å². The van der Waals surface area contributed by atoms with Crippen molar-refractivity contribution >= 4 is 68.0 Å². The number of fused-ring (bicyclic) bond motifs is 1. The average molecular weight is 415 g/mol. The molecule has 0 unspecified atom stereocenters. The number of hydrogen-bond donors (Lipinski definition) is 0. The van der Waals surface area contributed by atoms with Gasteiger partial charge in [-0.25, -0.2) is 0 Å². The molecule has 1 aromatic heterocycles. The summed E-state index contributed by atoms with van der Waals surface area (Å²) < 4.78 is 2.58. The van der Waals surface area contributed by atoms with Gasteiger partial charge < -0.3 is 4.57 Å². The summed E-state index contributed by atoms with van der Waals surface area (Å²) in [6, 6.07) is 42.7. The summed E-state index contributed by atoms with van der Waals surface area (Å²) in [6.07, 6.45) is 0. The van der Waals surface area contributed by atoms with E-state index in [-0.39, 0.29) is 13.4 Å². The highest BCUT2D eigenvalue weighted by Crippen LogP contribution is 2.33. The van der Waals surface area contributed by atoms with Crippen molar-refractivity contribution in [3.05, 3.63) is 115 Å². The molecule has 33 heavy (non-hydrogen) atoms. The second kappa shape index (κ2) is 6.30. The Bertz CT molecular complexity index is 1590. The van der Waals surface area contributed by atoms with Crippen molar-refractivity contribution in [1.82, 2.24) is 4.57 Å². The predicted molar refractivity (Wildman–Crippen MR) is 143 cm³/mol. The maximum absolute atomic E-state index is 2.58. The lowest BCUT2D eigenvalue weighted by atomic mass is 9.31. The van der Waals surface area contributed by atoms with Crippen LogP contribution in [0.4, 0.5) is 0 Å². The van der Waals surface area contributed by atoms with Gasteiger partial charge in [0.15, 0.2) is 0 Å². The molecule has 1 nitrogen and oxygen atoms in total. The minimum absolute atomic E-state index is 0.236. The van der Waals surface area contributed by atoms with E-state index in [0.717, 1.165) is 0 Å². The number of benzene rings is 5. The summed E-state index contributed by atoms with van der Waals surface area (Å²) in [7, 11) is 0. The quantitative estimate of drug-likeness (QED) is 0.383. The van der Waals surface area contributed by atoms with E-state index in [4.69, 9.17) is 0 Å². The minimum Gasteiger partial charge on any atom is -0.311 e. The molecule has 0 aliphatic carbocycles. The van der Waals surface area contributed by atoms with Crippen LogP contribution >= 0.6 is 0 Å². The number of rotatable bonds is 2. The summed E-state index contributed by atoms with van der Waals surface area (Å²) >= 11 is 0. The molecule has 150 valence electrons. The lowest BCUT2D eigenvalue weighted by Crippen LogP contribution is -2.63. The number of para-hydroxylation sites is 3. The van der Waals surface area contributed by atoms with Gasteiger partial charge in [-0.15, -0.1) is 0 Å². The van der Waals surface area contributed by atoms with Gasteiger partial charge in [-0.05, 0) is 21.9 Å². The SMILES string of the molecule is c1ccc(B2c3cccc4c3-n3c5c2cccc5c2cccc(c23)B4c2ccccc2)cc1. The second-order valence-electron chi connectivity index (χ2n) is 9.29. The molecule has 2 aliphatic rings. The highest BCUT2D eigenvalue weighted by molar-refractivity contribution is 7.01. The molecule has 0 bridgehead atoms. The number of hydrogen-bond acceptors (Lipinski definition) is 0. The van der Waals surface area contributed by atoms with Crippen LogP contribution in [0.2, 0.25) is 0 Å². The first kappa shape index (κ1) is 17.6. The summed E-state index contributed by atoms with van der Waals surface area (Å²) in [5.41, 5.74) is 12.5. The van der Waals surface area contributed by atoms with Crippen LogP contribution in [0.5, 0.6) is 0 Å². The highest BCUT2D eigenvalue weighted by Gasteiger charge is 2.40. The highest BCUT2D eigenvalue weighted by atomic mass is 15.0. The molecule has 8 rings (SSSR count). The molecule has 0 fully saturated rings. The Kier molecular flexibility index (Phi) is 3.35. The topological polar surface area (TPSA) is 4.93 Å². The van der Waals surface area contributed by atoms with Gasteiger partial charge in [0.05, 0.1) is 0 Å². The van der Waals surface area contributed by atoms with Crippen molar-refractivity contribution in [3.63, 3.8) is 0 Å². The van der Waals surface area contributed by atoms with Crippen LogP contribution in [0.3, 0.4) is 0 Å². The Morgan fingerprint density at radius 1 is 0.394 bits per heavy atom. The molecule has 3 heterocycles. The van der Waals surface area contributed by atoms with Gasteiger partial charge in [-0.3, -0.25) is 0 Å². The second-order valence-corrected chi connectivity index (χ2v) is 9.29. The zero-order valence-corrected chi connectivity index (χ0v) is 18.1. The monoisotopic (exact) mass is 415 g/mol. The van der Waals surface area contributed by atoms with Crippen LogP contribution < -0.4 is 32.8 Å². The van der Waals surface area contributed by atoms with E-state index in [1.807, 2.05) is 0 Å². The molecule has 5 aromatic carbocycles. The van der Waals surface area contributed by atoms with E-state index in [0.29, 0.717) is 0 Å². The van der Waals surface area contributed by atoms with Gasteiger partial charge >= 0.3 is 0 Å². The zero-order valence-electron chi connectivity index (χ0n) is 18.1. The summed E-state index contributed by atoms with van der Waals surface area (Å²) in [4.78, 5) is 0. The third-order valence-corrected chi connectivity index (χ3v) is 7.70. The first-order valence-electron chi connectivity index (χ1n) is 11.7. The number of aromatic nitrogens is 1. The van der Waals surface area contributed by atoms with Gasteiger partial charge in [0, 0.05) is 27.5 Å². The molecule has 0 spiro atoms. The van der Waals surface area contributed by atoms with E-state index >= 15 is 0 Å². The molecule has 6 aromatic rings. The molecule has 0 amide bonds. The Labute approximate surface area is 193 Å². The molecule has 0 saturated heterocycles. The molecule has 0 radical (unpaired) electrons. The third kappa shape index (κ3) is 2.15. The van der Waals surface area contributed by atoms with Crippen LogP contribution in [-0.4, -0.2) is 18.0 Å². The van der Waals surface area contributed by atoms with Crippen molar-refractivity contribution in [3.8, 4) is 5.69 Å². The Hall–Kier alpha value is -3.97. The number of nitrogens with zero attached hydrogens (tertiary/aromatic N) is 1. The standard InChI is InChI=1S/C30H19B2N/c1-3-10-20(11-4-1)31-24-16-7-14-22-23-15-8-17-25-29(23)33(28(22)24)30-26(31)18-9-19-27(30)32(25)21-12-5-2-6-13-21/h1-19H. The summed E-state index contributed by atoms with van der Waals surface area (Å²) in [5.74, 6) is 0. The van der Waals surface area contributed by atoms with Crippen molar-refractivity contribution in [2.75, 3.05) is 0 Å². The normalized spacial score (nSPS) is 13.3. The summed E-state index contributed by atoms with van der Waals surface area (Å²) in [6.45, 7) is 0.472. The lowest BCUT2D eigenvalue weighted by Gasteiger charge is -2.34. The lowest BCUT2D eigenvalue weighted by molar-refractivity contribution is 1.20. The van der Waals surface area contributed by atoms with E-state index in [1.165, 1.54) is 60.3 Å². The van der Waals surface area contributed by atoms with Crippen LogP contribution in [0.25, 0.3) is 27.5 Å². The van der Waals surface area contributed by atoms with E-state index in [9.17, 15) is 0 Å². The average Bonchev–Trinajstić information content (AvgIpc) is 3.23. The smallest absolute Gasteiger partial charge is 0.246 e. The Morgan fingerprint density at radius 3 is 1.30 bits per heavy atom. The molecular weight excluding hydrogens is 396 g/mol. The van der Waals surface area contributed by atoms with Crippen molar-refractivity contribution < 1.29 is 0 Å². The maximum Gasteiger partial charge on any atom is 0.246 e. The van der Waals surface area contributed by atoms with Crippen molar-refractivity contribution in [2.24, 2.45) is 0 Å². The van der Waals surface area contributed by atoms with Crippen LogP contribution in [0.1, 0.15) is 0 Å². The van der Waals surface area contributed by atoms with Gasteiger partial charge in [-0.2, -0.15) is 0 Å². The van der Waals surface area contributed by atoms with Crippen LogP contribution in [-0.2, 0) is 0 Å². The van der Waals surface area contributed by atoms with E-state index in [2.05, 4.69) is 120 Å². The molecule has 0 saturated carbocycles. The molecule has 0 atom stereocenters. The first-order valence-corrected chi connectivity index (χ1v) is 11.7. The fraction of sp³-hybridized carbons (Fsp3) is 0. The Balaban J connectivity index is 1.61. The van der Waals surface area contributed by atoms with Gasteiger partial charge in [0.1, 0.15) is 0 Å². The fourth-order valence-corrected chi connectivity index (χ4v) is 6.51. The zero-order chi connectivity index (χ0) is 21.5.